The molecule has 1 aliphatic heterocycles. The molecular weight excluding hydrogens is 714 g/mol. The molecule has 1 rings (SSSR count). The molecule has 1 amide bonds. The van der Waals surface area contributed by atoms with E-state index in [1.807, 2.05) is 32.6 Å². The topological polar surface area (TPSA) is 20.3 Å². The first-order valence-electron chi connectivity index (χ1n) is 4.93. The Morgan fingerprint density at radius 1 is 1.38 bits per heavy atom. The summed E-state index contributed by atoms with van der Waals surface area (Å²) in [6, 6.07) is 0. The molecule has 0 aromatic rings. The molecule has 1 fully saturated rings. The maximum atomic E-state index is 11.9. The summed E-state index contributed by atoms with van der Waals surface area (Å²) in [5.74, 6) is 0.272. The van der Waals surface area contributed by atoms with Crippen LogP contribution in [0.2, 0.25) is 0 Å². The fraction of sp³-hybridized carbons (Fsp3) is 0.636. The Bertz CT molecular complexity index is 318. The van der Waals surface area contributed by atoms with Crippen molar-refractivity contribution in [3.8, 4) is 0 Å². The van der Waals surface area contributed by atoms with E-state index in [-0.39, 0.29) is 11.3 Å². The Balaban J connectivity index is 0.000000673. The Kier molecular flexibility index (Phi) is 8.09. The zero-order chi connectivity index (χ0) is 12.9. The molecule has 0 unspecified atom stereocenters. The van der Waals surface area contributed by atoms with Gasteiger partial charge >= 0.3 is 132 Å². The van der Waals surface area contributed by atoms with Crippen LogP contribution in [0.25, 0.3) is 0 Å². The van der Waals surface area contributed by atoms with E-state index < -0.39 is 0 Å². The van der Waals surface area contributed by atoms with E-state index in [1.165, 1.54) is 66.0 Å². The van der Waals surface area contributed by atoms with E-state index in [2.05, 4.69) is 4.40 Å². The predicted molar refractivity (Wildman–Crippen MR) is 56.5 cm³/mol. The second-order valence-corrected chi connectivity index (χ2v) is 9.02. The maximum absolute atomic E-state index is 11.9. The van der Waals surface area contributed by atoms with Gasteiger partial charge in [-0.25, -0.2) is 0 Å². The molecule has 1 heterocycles. The van der Waals surface area contributed by atoms with Gasteiger partial charge in [-0.1, -0.05) is 0 Å². The Morgan fingerprint density at radius 3 is 2.06 bits per heavy atom. The molecule has 0 radical (unpaired) electrons. The van der Waals surface area contributed by atoms with Gasteiger partial charge in [-0.15, -0.1) is 0 Å². The van der Waals surface area contributed by atoms with Crippen LogP contribution in [0.5, 0.6) is 0 Å². The molecule has 0 atom stereocenters. The molecule has 1 aliphatic rings. The SMILES string of the molecule is CC(C)(C)C(=O)N1CC[C](=[W])[C]1=[W].C[C-]=[W]. The number of carbonyl (C=O) groups is 1. The fourth-order valence-electron chi connectivity index (χ4n) is 1.17. The van der Waals surface area contributed by atoms with Gasteiger partial charge in [0.1, 0.15) is 0 Å². The standard InChI is InChI=1S/C9H13NO.C2H3.3W/c1-9(2,3)8(11)10-6-4-5-7-10;1-2;;;/h4,6H2,1-3H3;1H3;;;/q;-1;;;. The fourth-order valence-corrected chi connectivity index (χ4v) is 2.89. The predicted octanol–water partition coefficient (Wildman–Crippen LogP) is 0.893. The Hall–Kier alpha value is 1.14. The summed E-state index contributed by atoms with van der Waals surface area (Å²) in [4.78, 5) is 13.9. The number of likely N-dealkylation sites (tertiary alicyclic amines) is 1. The van der Waals surface area contributed by atoms with Crippen molar-refractivity contribution in [1.82, 2.24) is 4.90 Å². The summed E-state index contributed by atoms with van der Waals surface area (Å²) in [6.45, 7) is 8.78. The van der Waals surface area contributed by atoms with Gasteiger partial charge in [0.15, 0.2) is 0 Å². The molecule has 2 nitrogen and oxygen atoms in total. The van der Waals surface area contributed by atoms with Crippen LogP contribution in [0.1, 0.15) is 34.1 Å². The second-order valence-electron chi connectivity index (χ2n) is 4.39. The van der Waals surface area contributed by atoms with E-state index in [0.717, 1.165) is 13.0 Å². The third kappa shape index (κ3) is 5.20. The molecule has 0 N–H and O–H groups in total. The molecule has 90 valence electrons. The van der Waals surface area contributed by atoms with Crippen LogP contribution in [-0.4, -0.2) is 29.7 Å². The normalized spacial score (nSPS) is 15.6. The van der Waals surface area contributed by atoms with Crippen molar-refractivity contribution >= 4 is 18.2 Å². The van der Waals surface area contributed by atoms with Crippen molar-refractivity contribution < 1.29 is 62.9 Å². The van der Waals surface area contributed by atoms with Crippen molar-refractivity contribution in [2.45, 2.75) is 34.1 Å². The molecule has 5 heteroatoms. The van der Waals surface area contributed by atoms with Crippen LogP contribution in [0.4, 0.5) is 0 Å². The first kappa shape index (κ1) is 17.1. The van der Waals surface area contributed by atoms with Gasteiger partial charge in [-0.2, -0.15) is 0 Å². The first-order chi connectivity index (χ1) is 7.25. The van der Waals surface area contributed by atoms with Crippen molar-refractivity contribution in [3.63, 3.8) is 0 Å². The summed E-state index contributed by atoms with van der Waals surface area (Å²) in [5.41, 5.74) is -0.235. The zero-order valence-corrected chi connectivity index (χ0v) is 18.8. The summed E-state index contributed by atoms with van der Waals surface area (Å²) >= 11 is 4.37. The third-order valence-electron chi connectivity index (χ3n) is 1.93. The molecule has 0 aliphatic carbocycles. The third-order valence-corrected chi connectivity index (χ3v) is 7.05. The van der Waals surface area contributed by atoms with E-state index >= 15 is 0 Å². The summed E-state index contributed by atoms with van der Waals surface area (Å²) in [7, 11) is 0. The minimum absolute atomic E-state index is 0.235. The Labute approximate surface area is 131 Å². The second kappa shape index (κ2) is 7.55. The number of nitrogens with zero attached hydrogens (tertiary/aromatic N) is 1. The van der Waals surface area contributed by atoms with Crippen molar-refractivity contribution in [3.05, 3.63) is 0 Å². The number of amides is 1. The van der Waals surface area contributed by atoms with Crippen LogP contribution in [0.15, 0.2) is 0 Å². The Morgan fingerprint density at radius 2 is 1.81 bits per heavy atom. The van der Waals surface area contributed by atoms with Gasteiger partial charge in [-0.05, 0) is 0 Å². The first-order valence-corrected chi connectivity index (χ1v) is 9.33. The summed E-state index contributed by atoms with van der Waals surface area (Å²) in [6.07, 6.45) is 1.09. The minimum atomic E-state index is -0.235. The van der Waals surface area contributed by atoms with Crippen molar-refractivity contribution in [2.24, 2.45) is 5.41 Å². The van der Waals surface area contributed by atoms with Crippen LogP contribution in [0, 0.1) is 5.41 Å². The summed E-state index contributed by atoms with van der Waals surface area (Å²) < 4.78 is 5.57. The van der Waals surface area contributed by atoms with Gasteiger partial charge in [0.25, 0.3) is 0 Å². The van der Waals surface area contributed by atoms with E-state index in [0.29, 0.717) is 0 Å². The van der Waals surface area contributed by atoms with Gasteiger partial charge in [0, 0.05) is 0 Å². The number of hydrogen-bond acceptors (Lipinski definition) is 1. The van der Waals surface area contributed by atoms with E-state index in [4.69, 9.17) is 0 Å². The van der Waals surface area contributed by atoms with E-state index in [1.54, 1.807) is 0 Å². The number of carbonyl (C=O) groups excluding carboxylic acids is 1. The van der Waals surface area contributed by atoms with Crippen LogP contribution < -0.4 is 0 Å². The molecule has 0 bridgehead atoms. The molecule has 0 aromatic heterocycles. The zero-order valence-electron chi connectivity index (χ0n) is 9.99. The van der Waals surface area contributed by atoms with Gasteiger partial charge in [0.2, 0.25) is 0 Å². The molecule has 1 saturated heterocycles. The van der Waals surface area contributed by atoms with Crippen molar-refractivity contribution in [2.75, 3.05) is 6.54 Å². The van der Waals surface area contributed by atoms with Gasteiger partial charge < -0.3 is 0 Å². The van der Waals surface area contributed by atoms with Crippen LogP contribution in [0.3, 0.4) is 0 Å². The van der Waals surface area contributed by atoms with E-state index in [9.17, 15) is 4.79 Å². The van der Waals surface area contributed by atoms with Crippen LogP contribution in [-0.2, 0) is 62.9 Å². The number of hydrogen-bond donors (Lipinski definition) is 0. The number of rotatable bonds is 0. The van der Waals surface area contributed by atoms with Gasteiger partial charge in [0.05, 0.1) is 0 Å². The average molecular weight is 730 g/mol. The van der Waals surface area contributed by atoms with Gasteiger partial charge in [-0.3, -0.25) is 0 Å². The molecule has 0 spiro atoms. The summed E-state index contributed by atoms with van der Waals surface area (Å²) in [5, 5.41) is 0. The quantitative estimate of drug-likeness (QED) is 0.340. The molecule has 0 aromatic carbocycles. The van der Waals surface area contributed by atoms with Crippen molar-refractivity contribution in [1.29, 1.82) is 0 Å². The average Bonchev–Trinajstić information content (AvgIpc) is 2.46. The van der Waals surface area contributed by atoms with Crippen LogP contribution >= 0.6 is 0 Å². The monoisotopic (exact) mass is 730 g/mol. The molecule has 16 heavy (non-hydrogen) atoms. The molecule has 0 saturated carbocycles. The molecular formula is C11H16NOW3-.